The van der Waals surface area contributed by atoms with E-state index in [0.717, 1.165) is 48.7 Å². The minimum absolute atomic E-state index is 0.0115. The molecule has 2 aromatic rings. The zero-order valence-electron chi connectivity index (χ0n) is 19.7. The first-order valence-electron chi connectivity index (χ1n) is 12.2. The summed E-state index contributed by atoms with van der Waals surface area (Å²) in [5.74, 6) is 0.850. The lowest BCUT2D eigenvalue weighted by atomic mass is 9.94. The molecule has 2 aromatic carbocycles. The van der Waals surface area contributed by atoms with Crippen LogP contribution in [-0.4, -0.2) is 28.8 Å². The van der Waals surface area contributed by atoms with Gasteiger partial charge < -0.3 is 14.1 Å². The minimum Gasteiger partial charge on any atom is -0.490 e. The second-order valence-electron chi connectivity index (χ2n) is 9.01. The Kier molecular flexibility index (Phi) is 8.36. The highest BCUT2D eigenvalue weighted by atomic mass is 32.2. The molecular weight excluding hydrogens is 434 g/mol. The highest BCUT2D eigenvalue weighted by molar-refractivity contribution is 8.00. The lowest BCUT2D eigenvalue weighted by Gasteiger charge is -2.37. The van der Waals surface area contributed by atoms with Crippen molar-refractivity contribution >= 4 is 29.4 Å². The third-order valence-electron chi connectivity index (χ3n) is 6.99. The van der Waals surface area contributed by atoms with Gasteiger partial charge in [0.2, 0.25) is 0 Å². The zero-order valence-corrected chi connectivity index (χ0v) is 21.3. The molecule has 1 aliphatic carbocycles. The van der Waals surface area contributed by atoms with Crippen molar-refractivity contribution in [3.8, 4) is 5.75 Å². The van der Waals surface area contributed by atoms with Crippen LogP contribution < -0.4 is 9.04 Å². The number of thioether (sulfide) groups is 1. The van der Waals surface area contributed by atoms with Crippen LogP contribution in [0.3, 0.4) is 0 Å². The first-order valence-corrected chi connectivity index (χ1v) is 14.2. The molecule has 1 heterocycles. The van der Waals surface area contributed by atoms with E-state index in [9.17, 15) is 5.11 Å². The molecule has 2 aliphatic rings. The SMILES string of the molecule is CCc1ccc2c(c1)CCC(CC)N2Sc1ccc(OC2CCC(SC)CC2)c(CO)c1. The number of aliphatic hydroxyl groups is 1. The van der Waals surface area contributed by atoms with Crippen LogP contribution in [-0.2, 0) is 19.4 Å². The molecule has 4 rings (SSSR count). The van der Waals surface area contributed by atoms with Crippen molar-refractivity contribution in [2.24, 2.45) is 0 Å². The molecule has 174 valence electrons. The van der Waals surface area contributed by atoms with Gasteiger partial charge in [0.05, 0.1) is 18.4 Å². The highest BCUT2D eigenvalue weighted by Gasteiger charge is 2.27. The molecule has 1 unspecified atom stereocenters. The fourth-order valence-electron chi connectivity index (χ4n) is 4.93. The lowest BCUT2D eigenvalue weighted by molar-refractivity contribution is 0.152. The molecule has 1 atom stereocenters. The number of aryl methyl sites for hydroxylation is 2. The number of nitrogens with zero attached hydrogens (tertiary/aromatic N) is 1. The van der Waals surface area contributed by atoms with Crippen molar-refractivity contribution in [3.63, 3.8) is 0 Å². The first-order chi connectivity index (χ1) is 15.6. The van der Waals surface area contributed by atoms with Crippen molar-refractivity contribution < 1.29 is 9.84 Å². The van der Waals surface area contributed by atoms with E-state index in [2.05, 4.69) is 60.8 Å². The maximum atomic E-state index is 10.1. The van der Waals surface area contributed by atoms with E-state index in [1.807, 2.05) is 11.8 Å². The summed E-state index contributed by atoms with van der Waals surface area (Å²) in [4.78, 5) is 1.17. The molecule has 0 aromatic heterocycles. The Morgan fingerprint density at radius 3 is 2.53 bits per heavy atom. The van der Waals surface area contributed by atoms with Crippen molar-refractivity contribution in [2.45, 2.75) is 94.1 Å². The Bertz CT molecular complexity index is 895. The molecule has 0 saturated heterocycles. The quantitative estimate of drug-likeness (QED) is 0.418. The summed E-state index contributed by atoms with van der Waals surface area (Å²) < 4.78 is 8.85. The second-order valence-corrected chi connectivity index (χ2v) is 11.2. The largest absolute Gasteiger partial charge is 0.490 e. The third-order valence-corrected chi connectivity index (χ3v) is 9.29. The van der Waals surface area contributed by atoms with E-state index in [1.165, 1.54) is 41.0 Å². The van der Waals surface area contributed by atoms with Gasteiger partial charge in [-0.15, -0.1) is 0 Å². The summed E-state index contributed by atoms with van der Waals surface area (Å²) in [6, 6.07) is 13.8. The number of hydrogen-bond donors (Lipinski definition) is 1. The van der Waals surface area contributed by atoms with Gasteiger partial charge in [0, 0.05) is 21.8 Å². The topological polar surface area (TPSA) is 32.7 Å². The zero-order chi connectivity index (χ0) is 22.5. The Morgan fingerprint density at radius 2 is 1.84 bits per heavy atom. The maximum absolute atomic E-state index is 10.1. The predicted octanol–water partition coefficient (Wildman–Crippen LogP) is 7.03. The van der Waals surface area contributed by atoms with E-state index in [0.29, 0.717) is 6.04 Å². The van der Waals surface area contributed by atoms with Gasteiger partial charge in [0.25, 0.3) is 0 Å². The molecular formula is C27H37NO2S2. The first kappa shape index (κ1) is 23.8. The number of anilines is 1. The van der Waals surface area contributed by atoms with Crippen LogP contribution in [0.1, 0.15) is 69.1 Å². The van der Waals surface area contributed by atoms with Crippen molar-refractivity contribution in [1.29, 1.82) is 0 Å². The van der Waals surface area contributed by atoms with Crippen molar-refractivity contribution in [3.05, 3.63) is 53.1 Å². The average molecular weight is 472 g/mol. The van der Waals surface area contributed by atoms with E-state index < -0.39 is 0 Å². The average Bonchev–Trinajstić information content (AvgIpc) is 2.85. The Balaban J connectivity index is 1.50. The molecule has 0 bridgehead atoms. The van der Waals surface area contributed by atoms with Crippen LogP contribution in [0.25, 0.3) is 0 Å². The monoisotopic (exact) mass is 471 g/mol. The van der Waals surface area contributed by atoms with Gasteiger partial charge in [-0.3, -0.25) is 0 Å². The van der Waals surface area contributed by atoms with Gasteiger partial charge in [-0.2, -0.15) is 11.8 Å². The molecule has 1 saturated carbocycles. The van der Waals surface area contributed by atoms with Crippen LogP contribution in [0.2, 0.25) is 0 Å². The second kappa shape index (κ2) is 11.2. The van der Waals surface area contributed by atoms with Gasteiger partial charge in [-0.05, 0) is 105 Å². The molecule has 32 heavy (non-hydrogen) atoms. The van der Waals surface area contributed by atoms with Crippen LogP contribution in [0.15, 0.2) is 41.3 Å². The number of aliphatic hydroxyl groups excluding tert-OH is 1. The summed E-state index contributed by atoms with van der Waals surface area (Å²) >= 11 is 3.78. The molecule has 1 N–H and O–H groups in total. The van der Waals surface area contributed by atoms with Gasteiger partial charge in [-0.1, -0.05) is 26.0 Å². The number of benzene rings is 2. The van der Waals surface area contributed by atoms with E-state index >= 15 is 0 Å². The number of hydrogen-bond acceptors (Lipinski definition) is 5. The van der Waals surface area contributed by atoms with Crippen LogP contribution >= 0.6 is 23.7 Å². The lowest BCUT2D eigenvalue weighted by Crippen LogP contribution is -2.33. The number of rotatable bonds is 8. The van der Waals surface area contributed by atoms with E-state index in [1.54, 1.807) is 11.9 Å². The van der Waals surface area contributed by atoms with Gasteiger partial charge in [-0.25, -0.2) is 0 Å². The summed E-state index contributed by atoms with van der Waals surface area (Å²) in [6.07, 6.45) is 11.7. The van der Waals surface area contributed by atoms with E-state index in [4.69, 9.17) is 4.74 Å². The predicted molar refractivity (Wildman–Crippen MR) is 139 cm³/mol. The molecule has 0 spiro atoms. The fraction of sp³-hybridized carbons (Fsp3) is 0.556. The number of fused-ring (bicyclic) bond motifs is 1. The molecule has 0 amide bonds. The third kappa shape index (κ3) is 5.43. The van der Waals surface area contributed by atoms with Crippen LogP contribution in [0.5, 0.6) is 5.75 Å². The molecule has 3 nitrogen and oxygen atoms in total. The summed E-state index contributed by atoms with van der Waals surface area (Å²) in [6.45, 7) is 4.52. The Hall–Kier alpha value is -1.30. The molecule has 1 fully saturated rings. The minimum atomic E-state index is 0.0115. The van der Waals surface area contributed by atoms with Gasteiger partial charge >= 0.3 is 0 Å². The highest BCUT2D eigenvalue weighted by Crippen LogP contribution is 2.41. The summed E-state index contributed by atoms with van der Waals surface area (Å²) in [5, 5.41) is 10.8. The number of ether oxygens (including phenoxy) is 1. The molecule has 0 radical (unpaired) electrons. The van der Waals surface area contributed by atoms with Crippen LogP contribution in [0.4, 0.5) is 5.69 Å². The molecule has 1 aliphatic heterocycles. The molecule has 5 heteroatoms. The summed E-state index contributed by atoms with van der Waals surface area (Å²) in [5.41, 5.74) is 5.12. The normalized spacial score (nSPS) is 23.1. The Morgan fingerprint density at radius 1 is 1.03 bits per heavy atom. The Labute approximate surface area is 202 Å². The smallest absolute Gasteiger partial charge is 0.125 e. The standard InChI is InChI=1S/C27H37NO2S2/c1-4-19-6-14-26-20(16-19)7-8-22(5-2)28(26)32-25-13-15-27(21(17-25)18-29)30-23-9-11-24(31-3)12-10-23/h6,13-17,22-24,29H,4-5,7-12,18H2,1-3H3. The fourth-order valence-corrected chi connectivity index (χ4v) is 6.91. The van der Waals surface area contributed by atoms with Crippen molar-refractivity contribution in [1.82, 2.24) is 0 Å². The van der Waals surface area contributed by atoms with Crippen LogP contribution in [0, 0.1) is 0 Å². The van der Waals surface area contributed by atoms with Gasteiger partial charge in [0.1, 0.15) is 5.75 Å². The maximum Gasteiger partial charge on any atom is 0.125 e. The van der Waals surface area contributed by atoms with E-state index in [-0.39, 0.29) is 12.7 Å². The van der Waals surface area contributed by atoms with Crippen molar-refractivity contribution in [2.75, 3.05) is 10.6 Å². The van der Waals surface area contributed by atoms with Gasteiger partial charge in [0.15, 0.2) is 0 Å². The summed E-state index contributed by atoms with van der Waals surface area (Å²) in [7, 11) is 0.